The molecule has 1 fully saturated rings. The maximum absolute atomic E-state index is 12.1. The van der Waals surface area contributed by atoms with Gasteiger partial charge in [0, 0.05) is 23.1 Å². The second-order valence-corrected chi connectivity index (χ2v) is 8.50. The number of amides is 2. The molecule has 2 aromatic carbocycles. The molecule has 0 saturated heterocycles. The molecule has 0 unspecified atom stereocenters. The SMILES string of the molecule is Cc1ccc(NC(=O)CSCC(=O)Nc2ccc(NC3CCCCC3)cc2)cc1. The summed E-state index contributed by atoms with van der Waals surface area (Å²) in [4.78, 5) is 24.1. The molecule has 0 heterocycles. The van der Waals surface area contributed by atoms with E-state index >= 15 is 0 Å². The van der Waals surface area contributed by atoms with Crippen molar-refractivity contribution in [3.63, 3.8) is 0 Å². The quantitative estimate of drug-likeness (QED) is 0.568. The highest BCUT2D eigenvalue weighted by Gasteiger charge is 2.13. The van der Waals surface area contributed by atoms with Crippen LogP contribution in [0.15, 0.2) is 48.5 Å². The van der Waals surface area contributed by atoms with Crippen LogP contribution in [-0.4, -0.2) is 29.4 Å². The molecule has 154 valence electrons. The van der Waals surface area contributed by atoms with Crippen molar-refractivity contribution in [2.75, 3.05) is 27.5 Å². The lowest BCUT2D eigenvalue weighted by Crippen LogP contribution is -2.22. The largest absolute Gasteiger partial charge is 0.382 e. The summed E-state index contributed by atoms with van der Waals surface area (Å²) in [6, 6.07) is 16.0. The van der Waals surface area contributed by atoms with Crippen molar-refractivity contribution in [1.29, 1.82) is 0 Å². The number of hydrogen-bond acceptors (Lipinski definition) is 4. The number of nitrogens with one attached hydrogen (secondary N) is 3. The first-order valence-corrected chi connectivity index (χ1v) is 11.3. The molecule has 1 aliphatic carbocycles. The number of aryl methyl sites for hydroxylation is 1. The highest BCUT2D eigenvalue weighted by molar-refractivity contribution is 8.00. The lowest BCUT2D eigenvalue weighted by Gasteiger charge is -2.23. The van der Waals surface area contributed by atoms with Crippen molar-refractivity contribution in [2.45, 2.75) is 45.1 Å². The monoisotopic (exact) mass is 411 g/mol. The molecule has 2 amide bonds. The van der Waals surface area contributed by atoms with E-state index in [0.29, 0.717) is 6.04 Å². The second kappa shape index (κ2) is 10.9. The molecule has 1 aliphatic rings. The Morgan fingerprint density at radius 1 is 0.793 bits per heavy atom. The topological polar surface area (TPSA) is 70.2 Å². The van der Waals surface area contributed by atoms with Gasteiger partial charge >= 0.3 is 0 Å². The van der Waals surface area contributed by atoms with Crippen molar-refractivity contribution < 1.29 is 9.59 Å². The molecule has 3 rings (SSSR count). The summed E-state index contributed by atoms with van der Waals surface area (Å²) in [7, 11) is 0. The van der Waals surface area contributed by atoms with Crippen LogP contribution >= 0.6 is 11.8 Å². The molecular weight excluding hydrogens is 382 g/mol. The Morgan fingerprint density at radius 3 is 1.83 bits per heavy atom. The Labute approximate surface area is 177 Å². The van der Waals surface area contributed by atoms with Gasteiger partial charge in [0.1, 0.15) is 0 Å². The molecule has 3 N–H and O–H groups in total. The first-order valence-electron chi connectivity index (χ1n) is 10.2. The Bertz CT molecular complexity index is 800. The third-order valence-electron chi connectivity index (χ3n) is 4.95. The van der Waals surface area contributed by atoms with E-state index in [9.17, 15) is 9.59 Å². The Hall–Kier alpha value is -2.47. The van der Waals surface area contributed by atoms with Crippen LogP contribution in [0.3, 0.4) is 0 Å². The third kappa shape index (κ3) is 7.46. The Balaban J connectivity index is 1.35. The number of anilines is 3. The van der Waals surface area contributed by atoms with Gasteiger partial charge in [-0.15, -0.1) is 11.8 Å². The van der Waals surface area contributed by atoms with Crippen molar-refractivity contribution in [3.05, 3.63) is 54.1 Å². The van der Waals surface area contributed by atoms with Crippen molar-refractivity contribution >= 4 is 40.6 Å². The van der Waals surface area contributed by atoms with Crippen LogP contribution < -0.4 is 16.0 Å². The van der Waals surface area contributed by atoms with Gasteiger partial charge in [-0.3, -0.25) is 9.59 Å². The number of hydrogen-bond donors (Lipinski definition) is 3. The zero-order chi connectivity index (χ0) is 20.5. The van der Waals surface area contributed by atoms with E-state index < -0.39 is 0 Å². The molecule has 1 saturated carbocycles. The van der Waals surface area contributed by atoms with Crippen LogP contribution in [0.1, 0.15) is 37.7 Å². The van der Waals surface area contributed by atoms with Gasteiger partial charge in [-0.05, 0) is 56.2 Å². The van der Waals surface area contributed by atoms with Gasteiger partial charge in [-0.1, -0.05) is 37.0 Å². The maximum atomic E-state index is 12.1. The Morgan fingerprint density at radius 2 is 1.28 bits per heavy atom. The van der Waals surface area contributed by atoms with Gasteiger partial charge < -0.3 is 16.0 Å². The number of rotatable bonds is 8. The summed E-state index contributed by atoms with van der Waals surface area (Å²) in [5.74, 6) is 0.269. The van der Waals surface area contributed by atoms with Gasteiger partial charge in [-0.2, -0.15) is 0 Å². The van der Waals surface area contributed by atoms with E-state index in [1.54, 1.807) is 0 Å². The van der Waals surface area contributed by atoms with E-state index in [2.05, 4.69) is 16.0 Å². The summed E-state index contributed by atoms with van der Waals surface area (Å²) in [6.45, 7) is 2.00. The smallest absolute Gasteiger partial charge is 0.234 e. The lowest BCUT2D eigenvalue weighted by molar-refractivity contribution is -0.114. The summed E-state index contributed by atoms with van der Waals surface area (Å²) < 4.78 is 0. The molecule has 0 radical (unpaired) electrons. The van der Waals surface area contributed by atoms with Gasteiger partial charge in [0.05, 0.1) is 11.5 Å². The molecule has 29 heavy (non-hydrogen) atoms. The molecule has 0 bridgehead atoms. The zero-order valence-corrected chi connectivity index (χ0v) is 17.7. The van der Waals surface area contributed by atoms with Crippen LogP contribution in [0.4, 0.5) is 17.1 Å². The van der Waals surface area contributed by atoms with Crippen molar-refractivity contribution in [1.82, 2.24) is 0 Å². The summed E-state index contributed by atoms with van der Waals surface area (Å²) >= 11 is 1.30. The predicted octanol–water partition coefficient (Wildman–Crippen LogP) is 5.05. The second-order valence-electron chi connectivity index (χ2n) is 7.51. The highest BCUT2D eigenvalue weighted by Crippen LogP contribution is 2.22. The van der Waals surface area contributed by atoms with Crippen LogP contribution in [0.5, 0.6) is 0 Å². The first kappa shape index (κ1) is 21.2. The molecule has 5 nitrogen and oxygen atoms in total. The number of carbonyl (C=O) groups is 2. The Kier molecular flexibility index (Phi) is 7.99. The minimum absolute atomic E-state index is 0.105. The zero-order valence-electron chi connectivity index (χ0n) is 16.9. The summed E-state index contributed by atoms with van der Waals surface area (Å²) in [5, 5.41) is 9.29. The van der Waals surface area contributed by atoms with E-state index in [1.165, 1.54) is 43.9 Å². The van der Waals surface area contributed by atoms with Gasteiger partial charge in [-0.25, -0.2) is 0 Å². The summed E-state index contributed by atoms with van der Waals surface area (Å²) in [5.41, 5.74) is 3.78. The minimum atomic E-state index is -0.107. The number of carbonyl (C=O) groups excluding carboxylic acids is 2. The fraction of sp³-hybridized carbons (Fsp3) is 0.391. The molecule has 2 aromatic rings. The average molecular weight is 412 g/mol. The standard InChI is InChI=1S/C23H29N3O2S/c1-17-7-9-20(10-8-17)25-22(27)15-29-16-23(28)26-21-13-11-19(12-14-21)24-18-5-3-2-4-6-18/h7-14,18,24H,2-6,15-16H2,1H3,(H,25,27)(H,26,28). The van der Waals surface area contributed by atoms with Crippen molar-refractivity contribution in [2.24, 2.45) is 0 Å². The molecular formula is C23H29N3O2S. The van der Waals surface area contributed by atoms with Gasteiger partial charge in [0.25, 0.3) is 0 Å². The normalized spacial score (nSPS) is 14.2. The third-order valence-corrected chi connectivity index (χ3v) is 5.88. The van der Waals surface area contributed by atoms with Gasteiger partial charge in [0.2, 0.25) is 11.8 Å². The summed E-state index contributed by atoms with van der Waals surface area (Å²) in [6.07, 6.45) is 6.40. The van der Waals surface area contributed by atoms with E-state index in [4.69, 9.17) is 0 Å². The molecule has 0 aliphatic heterocycles. The van der Waals surface area contributed by atoms with Crippen LogP contribution in [0.2, 0.25) is 0 Å². The van der Waals surface area contributed by atoms with Crippen LogP contribution in [0, 0.1) is 6.92 Å². The van der Waals surface area contributed by atoms with E-state index in [1.807, 2.05) is 55.5 Å². The predicted molar refractivity (Wildman–Crippen MR) is 123 cm³/mol. The lowest BCUT2D eigenvalue weighted by atomic mass is 9.95. The molecule has 0 atom stereocenters. The molecule has 0 spiro atoms. The molecule has 0 aromatic heterocycles. The van der Waals surface area contributed by atoms with Crippen LogP contribution in [0.25, 0.3) is 0 Å². The fourth-order valence-electron chi connectivity index (χ4n) is 3.40. The van der Waals surface area contributed by atoms with E-state index in [0.717, 1.165) is 22.6 Å². The van der Waals surface area contributed by atoms with Crippen LogP contribution in [-0.2, 0) is 9.59 Å². The van der Waals surface area contributed by atoms with Crippen molar-refractivity contribution in [3.8, 4) is 0 Å². The number of benzene rings is 2. The van der Waals surface area contributed by atoms with E-state index in [-0.39, 0.29) is 23.3 Å². The average Bonchev–Trinajstić information content (AvgIpc) is 2.72. The van der Waals surface area contributed by atoms with Gasteiger partial charge in [0.15, 0.2) is 0 Å². The minimum Gasteiger partial charge on any atom is -0.382 e. The highest BCUT2D eigenvalue weighted by atomic mass is 32.2. The maximum Gasteiger partial charge on any atom is 0.234 e. The first-order chi connectivity index (χ1) is 14.1. The fourth-order valence-corrected chi connectivity index (χ4v) is 4.02. The number of thioether (sulfide) groups is 1. The molecule has 6 heteroatoms.